The van der Waals surface area contributed by atoms with Gasteiger partial charge in [0.1, 0.15) is 0 Å². The van der Waals surface area contributed by atoms with Gasteiger partial charge in [0.25, 0.3) is 0 Å². The Labute approximate surface area is 106 Å². The summed E-state index contributed by atoms with van der Waals surface area (Å²) in [4.78, 5) is 13.6. The number of hydrogen-bond donors (Lipinski definition) is 1. The molecule has 5 heteroatoms. The number of nitrogens with one attached hydrogen (secondary N) is 1. The predicted octanol–water partition coefficient (Wildman–Crippen LogP) is 2.59. The summed E-state index contributed by atoms with van der Waals surface area (Å²) in [7, 11) is 1.67. The zero-order chi connectivity index (χ0) is 12.3. The molecule has 0 spiro atoms. The van der Waals surface area contributed by atoms with Crippen molar-refractivity contribution in [2.24, 2.45) is 0 Å². The van der Waals surface area contributed by atoms with Crippen LogP contribution in [-0.2, 0) is 4.74 Å². The molecule has 1 saturated heterocycles. The zero-order valence-corrected chi connectivity index (χ0v) is 10.4. The number of likely N-dealkylation sites (tertiary alicyclic amines) is 1. The van der Waals surface area contributed by atoms with Crippen molar-refractivity contribution in [1.82, 2.24) is 4.90 Å². The van der Waals surface area contributed by atoms with Crippen LogP contribution in [0.2, 0.25) is 5.02 Å². The molecule has 0 saturated carbocycles. The second kappa shape index (κ2) is 5.38. The van der Waals surface area contributed by atoms with E-state index in [4.69, 9.17) is 16.3 Å². The van der Waals surface area contributed by atoms with Gasteiger partial charge >= 0.3 is 6.03 Å². The van der Waals surface area contributed by atoms with Crippen LogP contribution < -0.4 is 5.32 Å². The van der Waals surface area contributed by atoms with Crippen LogP contribution >= 0.6 is 11.6 Å². The number of urea groups is 1. The standard InChI is InChI=1S/C12H15ClN2O2/c1-17-11-5-6-15(8-11)12(16)14-10-4-2-3-9(13)7-10/h2-4,7,11H,5-6,8H2,1H3,(H,14,16). The third-order valence-corrected chi connectivity index (χ3v) is 3.08. The van der Waals surface area contributed by atoms with E-state index in [2.05, 4.69) is 5.32 Å². The van der Waals surface area contributed by atoms with E-state index in [0.717, 1.165) is 13.0 Å². The van der Waals surface area contributed by atoms with Gasteiger partial charge in [-0.15, -0.1) is 0 Å². The van der Waals surface area contributed by atoms with Gasteiger partial charge in [-0.2, -0.15) is 0 Å². The lowest BCUT2D eigenvalue weighted by Gasteiger charge is -2.17. The van der Waals surface area contributed by atoms with E-state index < -0.39 is 0 Å². The largest absolute Gasteiger partial charge is 0.380 e. The number of ether oxygens (including phenoxy) is 1. The van der Waals surface area contributed by atoms with Crippen LogP contribution in [0.5, 0.6) is 0 Å². The Morgan fingerprint density at radius 1 is 1.59 bits per heavy atom. The molecular weight excluding hydrogens is 240 g/mol. The van der Waals surface area contributed by atoms with Gasteiger partial charge in [-0.25, -0.2) is 4.79 Å². The lowest BCUT2D eigenvalue weighted by molar-refractivity contribution is 0.111. The summed E-state index contributed by atoms with van der Waals surface area (Å²) in [6.45, 7) is 1.37. The molecule has 0 aromatic heterocycles. The van der Waals surface area contributed by atoms with E-state index in [0.29, 0.717) is 17.3 Å². The van der Waals surface area contributed by atoms with Gasteiger partial charge in [-0.3, -0.25) is 0 Å². The Balaban J connectivity index is 1.93. The van der Waals surface area contributed by atoms with Crippen LogP contribution in [0.3, 0.4) is 0 Å². The summed E-state index contributed by atoms with van der Waals surface area (Å²) < 4.78 is 5.22. The summed E-state index contributed by atoms with van der Waals surface area (Å²) in [5.74, 6) is 0. The van der Waals surface area contributed by atoms with E-state index in [9.17, 15) is 4.79 Å². The molecular formula is C12H15ClN2O2. The van der Waals surface area contributed by atoms with Crippen molar-refractivity contribution in [1.29, 1.82) is 0 Å². The minimum absolute atomic E-state index is 0.105. The van der Waals surface area contributed by atoms with Crippen molar-refractivity contribution < 1.29 is 9.53 Å². The fourth-order valence-electron chi connectivity index (χ4n) is 1.87. The average Bonchev–Trinajstić information content (AvgIpc) is 2.77. The molecule has 1 fully saturated rings. The maximum Gasteiger partial charge on any atom is 0.321 e. The van der Waals surface area contributed by atoms with Crippen molar-refractivity contribution in [2.45, 2.75) is 12.5 Å². The molecule has 0 aliphatic carbocycles. The van der Waals surface area contributed by atoms with E-state index in [-0.39, 0.29) is 12.1 Å². The normalized spacial score (nSPS) is 19.4. The minimum Gasteiger partial charge on any atom is -0.380 e. The summed E-state index contributed by atoms with van der Waals surface area (Å²) in [5, 5.41) is 3.43. The third-order valence-electron chi connectivity index (χ3n) is 2.84. The lowest BCUT2D eigenvalue weighted by atomic mass is 10.3. The summed E-state index contributed by atoms with van der Waals surface area (Å²) in [6, 6.07) is 7.01. The van der Waals surface area contributed by atoms with Crippen LogP contribution in [0.15, 0.2) is 24.3 Å². The highest BCUT2D eigenvalue weighted by atomic mass is 35.5. The monoisotopic (exact) mass is 254 g/mol. The molecule has 17 heavy (non-hydrogen) atoms. The van der Waals surface area contributed by atoms with Crippen molar-refractivity contribution in [3.8, 4) is 0 Å². The first-order valence-corrected chi connectivity index (χ1v) is 5.91. The Kier molecular flexibility index (Phi) is 3.86. The Morgan fingerprint density at radius 2 is 2.41 bits per heavy atom. The second-order valence-corrected chi connectivity index (χ2v) is 4.47. The van der Waals surface area contributed by atoms with Gasteiger partial charge in [0, 0.05) is 30.9 Å². The SMILES string of the molecule is COC1CCN(C(=O)Nc2cccc(Cl)c2)C1. The molecule has 1 aromatic rings. The first-order valence-electron chi connectivity index (χ1n) is 5.53. The number of amides is 2. The molecule has 2 amide bonds. The molecule has 92 valence electrons. The van der Waals surface area contributed by atoms with Crippen LogP contribution in [0.1, 0.15) is 6.42 Å². The van der Waals surface area contributed by atoms with Gasteiger partial charge < -0.3 is 15.0 Å². The topological polar surface area (TPSA) is 41.6 Å². The van der Waals surface area contributed by atoms with Crippen LogP contribution in [0, 0.1) is 0 Å². The highest BCUT2D eigenvalue weighted by Crippen LogP contribution is 2.17. The first-order chi connectivity index (χ1) is 8.19. The van der Waals surface area contributed by atoms with Gasteiger partial charge in [0.2, 0.25) is 0 Å². The molecule has 2 rings (SSSR count). The van der Waals surface area contributed by atoms with Crippen molar-refractivity contribution in [2.75, 3.05) is 25.5 Å². The molecule has 1 heterocycles. The number of hydrogen-bond acceptors (Lipinski definition) is 2. The van der Waals surface area contributed by atoms with Crippen LogP contribution in [0.25, 0.3) is 0 Å². The van der Waals surface area contributed by atoms with Gasteiger partial charge in [0.05, 0.1) is 6.10 Å². The smallest absolute Gasteiger partial charge is 0.321 e. The first kappa shape index (κ1) is 12.2. The molecule has 1 aliphatic heterocycles. The number of carbonyl (C=O) groups is 1. The number of anilines is 1. The van der Waals surface area contributed by atoms with E-state index in [1.54, 1.807) is 30.2 Å². The summed E-state index contributed by atoms with van der Waals surface area (Å²) >= 11 is 5.85. The maximum atomic E-state index is 11.9. The second-order valence-electron chi connectivity index (χ2n) is 4.03. The van der Waals surface area contributed by atoms with Crippen molar-refractivity contribution >= 4 is 23.3 Å². The number of rotatable bonds is 2. The van der Waals surface area contributed by atoms with Crippen LogP contribution in [-0.4, -0.2) is 37.2 Å². The highest BCUT2D eigenvalue weighted by Gasteiger charge is 2.25. The predicted molar refractivity (Wildman–Crippen MR) is 67.5 cm³/mol. The molecule has 1 atom stereocenters. The molecule has 0 bridgehead atoms. The number of halogens is 1. The third kappa shape index (κ3) is 3.11. The minimum atomic E-state index is -0.105. The number of nitrogens with zero attached hydrogens (tertiary/aromatic N) is 1. The Morgan fingerprint density at radius 3 is 3.06 bits per heavy atom. The van der Waals surface area contributed by atoms with Gasteiger partial charge in [-0.1, -0.05) is 17.7 Å². The van der Waals surface area contributed by atoms with E-state index in [1.165, 1.54) is 0 Å². The average molecular weight is 255 g/mol. The summed E-state index contributed by atoms with van der Waals surface area (Å²) in [6.07, 6.45) is 1.04. The molecule has 1 aliphatic rings. The number of methoxy groups -OCH3 is 1. The van der Waals surface area contributed by atoms with E-state index in [1.807, 2.05) is 6.07 Å². The van der Waals surface area contributed by atoms with Gasteiger partial charge in [-0.05, 0) is 24.6 Å². The molecule has 1 unspecified atom stereocenters. The molecule has 4 nitrogen and oxygen atoms in total. The van der Waals surface area contributed by atoms with Crippen LogP contribution in [0.4, 0.5) is 10.5 Å². The molecule has 0 radical (unpaired) electrons. The Hall–Kier alpha value is -1.26. The highest BCUT2D eigenvalue weighted by molar-refractivity contribution is 6.30. The zero-order valence-electron chi connectivity index (χ0n) is 9.65. The maximum absolute atomic E-state index is 11.9. The lowest BCUT2D eigenvalue weighted by Crippen LogP contribution is -2.33. The summed E-state index contributed by atoms with van der Waals surface area (Å²) in [5.41, 5.74) is 0.711. The number of benzene rings is 1. The van der Waals surface area contributed by atoms with Gasteiger partial charge in [0.15, 0.2) is 0 Å². The fourth-order valence-corrected chi connectivity index (χ4v) is 2.06. The number of carbonyl (C=O) groups excluding carboxylic acids is 1. The van der Waals surface area contributed by atoms with Crippen molar-refractivity contribution in [3.63, 3.8) is 0 Å². The quantitative estimate of drug-likeness (QED) is 0.881. The van der Waals surface area contributed by atoms with Crippen molar-refractivity contribution in [3.05, 3.63) is 29.3 Å². The fraction of sp³-hybridized carbons (Fsp3) is 0.417. The Bertz CT molecular complexity index is 411. The van der Waals surface area contributed by atoms with E-state index >= 15 is 0 Å². The molecule has 1 N–H and O–H groups in total. The molecule has 1 aromatic carbocycles.